The molecule has 9 heteroatoms. The smallest absolute Gasteiger partial charge is 0.358 e. The van der Waals surface area contributed by atoms with Crippen molar-refractivity contribution >= 4 is 30.8 Å². The lowest BCUT2D eigenvalue weighted by atomic mass is 9.92. The number of nitrogens with one attached hydrogen (secondary N) is 1. The van der Waals surface area contributed by atoms with Gasteiger partial charge in [0.15, 0.2) is 5.69 Å². The first kappa shape index (κ1) is 21.2. The second-order valence-corrected chi connectivity index (χ2v) is 6.13. The topological polar surface area (TPSA) is 79.6 Å². The Balaban J connectivity index is 0.00000144. The third kappa shape index (κ3) is 4.83. The van der Waals surface area contributed by atoms with Crippen LogP contribution in [0.15, 0.2) is 6.07 Å². The fourth-order valence-corrected chi connectivity index (χ4v) is 3.32. The summed E-state index contributed by atoms with van der Waals surface area (Å²) in [4.78, 5) is 13.8. The Bertz CT molecular complexity index is 535. The minimum Gasteiger partial charge on any atom is -0.464 e. The van der Waals surface area contributed by atoms with Crippen LogP contribution < -0.4 is 5.32 Å². The van der Waals surface area contributed by atoms with Crippen molar-refractivity contribution in [2.24, 2.45) is 5.92 Å². The molecule has 0 spiro atoms. The van der Waals surface area contributed by atoms with Crippen LogP contribution in [0, 0.1) is 5.92 Å². The van der Waals surface area contributed by atoms with Crippen LogP contribution in [0.4, 0.5) is 0 Å². The number of β-amino-alcohol motifs (C(OH)–C–C–N with tert-alkyl or cyclic N) is 1. The highest BCUT2D eigenvalue weighted by Gasteiger charge is 2.26. The number of hydrogen-bond acceptors (Lipinski definition) is 6. The van der Waals surface area contributed by atoms with E-state index in [-0.39, 0.29) is 30.9 Å². The molecule has 3 rings (SSSR count). The van der Waals surface area contributed by atoms with Crippen LogP contribution >= 0.6 is 24.8 Å². The molecule has 7 nitrogen and oxygen atoms in total. The van der Waals surface area contributed by atoms with E-state index in [4.69, 9.17) is 4.74 Å². The molecule has 0 bridgehead atoms. The Labute approximate surface area is 154 Å². The number of aliphatic hydroxyl groups excluding tert-OH is 1. The number of piperidine rings is 1. The zero-order chi connectivity index (χ0) is 15.5. The number of esters is 1. The Morgan fingerprint density at radius 2 is 2.12 bits per heavy atom. The molecule has 1 fully saturated rings. The van der Waals surface area contributed by atoms with Crippen molar-refractivity contribution in [1.29, 1.82) is 0 Å². The fraction of sp³-hybridized carbons (Fsp3) is 0.733. The SMILES string of the molecule is COC(=O)c1cc2n(n1)CCN(CC(O)C1CCNCC1)C2.Cl.Cl. The molecule has 2 N–H and O–H groups in total. The molecule has 1 aromatic rings. The van der Waals surface area contributed by atoms with Crippen LogP contribution in [0.1, 0.15) is 29.0 Å². The molecule has 0 amide bonds. The van der Waals surface area contributed by atoms with Crippen LogP contribution in [0.25, 0.3) is 0 Å². The number of nitrogens with zero attached hydrogens (tertiary/aromatic N) is 3. The van der Waals surface area contributed by atoms with E-state index >= 15 is 0 Å². The molecular formula is C15H26Cl2N4O3. The molecule has 1 atom stereocenters. The van der Waals surface area contributed by atoms with E-state index in [1.54, 1.807) is 6.07 Å². The van der Waals surface area contributed by atoms with Gasteiger partial charge in [-0.05, 0) is 37.9 Å². The van der Waals surface area contributed by atoms with Gasteiger partial charge < -0.3 is 15.2 Å². The number of carbonyl (C=O) groups excluding carboxylic acids is 1. The van der Waals surface area contributed by atoms with Gasteiger partial charge in [0.05, 0.1) is 25.5 Å². The van der Waals surface area contributed by atoms with Crippen molar-refractivity contribution in [2.45, 2.75) is 32.0 Å². The first-order valence-corrected chi connectivity index (χ1v) is 7.93. The van der Waals surface area contributed by atoms with E-state index in [0.717, 1.165) is 44.7 Å². The standard InChI is InChI=1S/C15H24N4O3.2ClH/c1-22-15(21)13-8-12-9-18(6-7-19(12)17-13)10-14(20)11-2-4-16-5-3-11;;/h8,11,14,16,20H,2-7,9-10H2,1H3;2*1H. The van der Waals surface area contributed by atoms with Gasteiger partial charge in [-0.25, -0.2) is 4.79 Å². The van der Waals surface area contributed by atoms with E-state index in [9.17, 15) is 9.90 Å². The van der Waals surface area contributed by atoms with Gasteiger partial charge in [0.1, 0.15) is 0 Å². The summed E-state index contributed by atoms with van der Waals surface area (Å²) >= 11 is 0. The van der Waals surface area contributed by atoms with Gasteiger partial charge in [0.2, 0.25) is 0 Å². The second-order valence-electron chi connectivity index (χ2n) is 6.13. The molecule has 0 aliphatic carbocycles. The molecule has 2 aliphatic rings. The van der Waals surface area contributed by atoms with Crippen molar-refractivity contribution < 1.29 is 14.6 Å². The highest BCUT2D eigenvalue weighted by molar-refractivity contribution is 5.87. The van der Waals surface area contributed by atoms with E-state index in [1.165, 1.54) is 7.11 Å². The zero-order valence-electron chi connectivity index (χ0n) is 13.8. The molecule has 0 saturated carbocycles. The molecule has 1 unspecified atom stereocenters. The average molecular weight is 381 g/mol. The summed E-state index contributed by atoms with van der Waals surface area (Å²) in [6.07, 6.45) is 1.80. The molecule has 138 valence electrons. The van der Waals surface area contributed by atoms with Gasteiger partial charge in [0.25, 0.3) is 0 Å². The number of carbonyl (C=O) groups is 1. The number of hydrogen-bond donors (Lipinski definition) is 2. The maximum absolute atomic E-state index is 11.5. The van der Waals surface area contributed by atoms with Crippen LogP contribution in [-0.2, 0) is 17.8 Å². The number of fused-ring (bicyclic) bond motifs is 1. The Morgan fingerprint density at radius 3 is 2.79 bits per heavy atom. The lowest BCUT2D eigenvalue weighted by Crippen LogP contribution is -2.43. The lowest BCUT2D eigenvalue weighted by Gasteiger charge is -2.33. The summed E-state index contributed by atoms with van der Waals surface area (Å²) in [6, 6.07) is 1.79. The predicted octanol–water partition coefficient (Wildman–Crippen LogP) is 0.689. The summed E-state index contributed by atoms with van der Waals surface area (Å²) in [7, 11) is 1.36. The van der Waals surface area contributed by atoms with Gasteiger partial charge in [-0.2, -0.15) is 5.10 Å². The van der Waals surface area contributed by atoms with Gasteiger partial charge >= 0.3 is 5.97 Å². The van der Waals surface area contributed by atoms with Crippen molar-refractivity contribution in [3.63, 3.8) is 0 Å². The summed E-state index contributed by atoms with van der Waals surface area (Å²) in [5.74, 6) is -0.0121. The molecule has 1 saturated heterocycles. The van der Waals surface area contributed by atoms with Gasteiger partial charge in [0, 0.05) is 19.6 Å². The molecule has 1 aromatic heterocycles. The minimum absolute atomic E-state index is 0. The van der Waals surface area contributed by atoms with Crippen LogP contribution in [0.5, 0.6) is 0 Å². The molecule has 24 heavy (non-hydrogen) atoms. The summed E-state index contributed by atoms with van der Waals surface area (Å²) in [5, 5.41) is 18.0. The van der Waals surface area contributed by atoms with Crippen molar-refractivity contribution in [2.75, 3.05) is 33.3 Å². The summed E-state index contributed by atoms with van der Waals surface area (Å²) in [5.41, 5.74) is 1.36. The van der Waals surface area contributed by atoms with E-state index in [1.807, 2.05) is 4.68 Å². The molecular weight excluding hydrogens is 355 g/mol. The van der Waals surface area contributed by atoms with Crippen molar-refractivity contribution in [3.8, 4) is 0 Å². The number of aromatic nitrogens is 2. The van der Waals surface area contributed by atoms with Crippen LogP contribution in [0.3, 0.4) is 0 Å². The Morgan fingerprint density at radius 1 is 1.42 bits per heavy atom. The quantitative estimate of drug-likeness (QED) is 0.748. The van der Waals surface area contributed by atoms with E-state index in [2.05, 4.69) is 15.3 Å². The first-order chi connectivity index (χ1) is 10.7. The summed E-state index contributed by atoms with van der Waals surface area (Å²) in [6.45, 7) is 4.98. The largest absolute Gasteiger partial charge is 0.464 e. The van der Waals surface area contributed by atoms with E-state index in [0.29, 0.717) is 24.7 Å². The van der Waals surface area contributed by atoms with Gasteiger partial charge in [-0.3, -0.25) is 9.58 Å². The number of methoxy groups -OCH3 is 1. The van der Waals surface area contributed by atoms with Crippen LogP contribution in [-0.4, -0.2) is 65.1 Å². The van der Waals surface area contributed by atoms with Gasteiger partial charge in [-0.1, -0.05) is 0 Å². The predicted molar refractivity (Wildman–Crippen MR) is 94.9 cm³/mol. The normalized spacial score (nSPS) is 19.6. The van der Waals surface area contributed by atoms with Crippen molar-refractivity contribution in [1.82, 2.24) is 20.0 Å². The van der Waals surface area contributed by atoms with E-state index < -0.39 is 5.97 Å². The lowest BCUT2D eigenvalue weighted by molar-refractivity contribution is 0.0412. The van der Waals surface area contributed by atoms with Gasteiger partial charge in [-0.15, -0.1) is 24.8 Å². The highest BCUT2D eigenvalue weighted by atomic mass is 35.5. The molecule has 2 aliphatic heterocycles. The first-order valence-electron chi connectivity index (χ1n) is 7.93. The highest BCUT2D eigenvalue weighted by Crippen LogP contribution is 2.20. The average Bonchev–Trinajstić information content (AvgIpc) is 2.98. The minimum atomic E-state index is -0.400. The second kappa shape index (κ2) is 9.58. The van der Waals surface area contributed by atoms with Crippen molar-refractivity contribution in [3.05, 3.63) is 17.5 Å². The molecule has 3 heterocycles. The zero-order valence-corrected chi connectivity index (χ0v) is 15.4. The summed E-state index contributed by atoms with van der Waals surface area (Å²) < 4.78 is 6.57. The van der Waals surface area contributed by atoms with Crippen LogP contribution in [0.2, 0.25) is 0 Å². The Hall–Kier alpha value is -0.860. The molecule has 0 radical (unpaired) electrons. The Kier molecular flexibility index (Phi) is 8.45. The number of halogens is 2. The monoisotopic (exact) mass is 380 g/mol. The third-order valence-electron chi connectivity index (χ3n) is 4.64. The third-order valence-corrected chi connectivity index (χ3v) is 4.64. The number of rotatable bonds is 4. The number of aliphatic hydroxyl groups is 1. The fourth-order valence-electron chi connectivity index (χ4n) is 3.32. The number of ether oxygens (including phenoxy) is 1. The maximum Gasteiger partial charge on any atom is 0.358 e. The maximum atomic E-state index is 11.5. The molecule has 0 aromatic carbocycles.